The first-order valence-electron chi connectivity index (χ1n) is 8.33. The van der Waals surface area contributed by atoms with Crippen molar-refractivity contribution in [3.05, 3.63) is 89.0 Å². The largest absolute Gasteiger partial charge is 0.411 e. The molecule has 0 bridgehead atoms. The van der Waals surface area contributed by atoms with Gasteiger partial charge in [-0.3, -0.25) is 0 Å². The number of aryl methyl sites for hydroxylation is 1. The van der Waals surface area contributed by atoms with E-state index >= 15 is 0 Å². The molecule has 0 saturated carbocycles. The molecule has 5 rings (SSSR count). The number of nitrogens with zero attached hydrogens (tertiary/aromatic N) is 1. The quantitative estimate of drug-likeness (QED) is 0.448. The van der Waals surface area contributed by atoms with Crippen molar-refractivity contribution in [2.24, 2.45) is 5.16 Å². The minimum Gasteiger partial charge on any atom is -0.411 e. The van der Waals surface area contributed by atoms with Crippen molar-refractivity contribution >= 4 is 22.6 Å². The molecule has 0 aromatic heterocycles. The number of fused-ring (bicyclic) bond motifs is 4. The van der Waals surface area contributed by atoms with Gasteiger partial charge in [-0.05, 0) is 46.7 Å². The van der Waals surface area contributed by atoms with Crippen LogP contribution in [0.15, 0.2) is 71.9 Å². The lowest BCUT2D eigenvalue weighted by Gasteiger charge is -2.04. The van der Waals surface area contributed by atoms with E-state index in [4.69, 9.17) is 5.21 Å². The second-order valence-corrected chi connectivity index (χ2v) is 6.16. The van der Waals surface area contributed by atoms with Crippen LogP contribution in [-0.4, -0.2) is 10.9 Å². The third-order valence-electron chi connectivity index (χ3n) is 4.77. The molecule has 0 unspecified atom stereocenters. The van der Waals surface area contributed by atoms with Crippen molar-refractivity contribution in [3.63, 3.8) is 0 Å². The third-order valence-corrected chi connectivity index (χ3v) is 4.77. The molecule has 0 aliphatic heterocycles. The topological polar surface area (TPSA) is 32.6 Å². The molecule has 2 aliphatic carbocycles. The normalized spacial score (nSPS) is 15.9. The maximum absolute atomic E-state index is 8.87. The predicted octanol–water partition coefficient (Wildman–Crippen LogP) is 5.22. The Kier molecular flexibility index (Phi) is 3.87. The second-order valence-electron chi connectivity index (χ2n) is 6.16. The van der Waals surface area contributed by atoms with Gasteiger partial charge in [0.1, 0.15) is 0 Å². The van der Waals surface area contributed by atoms with Gasteiger partial charge in [0.25, 0.3) is 0 Å². The Balaban J connectivity index is 0.000000138. The molecule has 2 heteroatoms. The van der Waals surface area contributed by atoms with E-state index in [1.165, 1.54) is 27.5 Å². The highest BCUT2D eigenvalue weighted by molar-refractivity contribution is 6.08. The minimum absolute atomic E-state index is 0.816. The van der Waals surface area contributed by atoms with Gasteiger partial charge in [-0.15, -0.1) is 0 Å². The van der Waals surface area contributed by atoms with Crippen LogP contribution in [0.5, 0.6) is 0 Å². The third kappa shape index (κ3) is 2.61. The fourth-order valence-electron chi connectivity index (χ4n) is 3.55. The van der Waals surface area contributed by atoms with Crippen LogP contribution in [0.25, 0.3) is 16.8 Å². The smallest absolute Gasteiger partial charge is 0.0874 e. The van der Waals surface area contributed by atoms with Crippen LogP contribution < -0.4 is 0 Å². The molecule has 118 valence electrons. The Morgan fingerprint density at radius 3 is 2.54 bits per heavy atom. The van der Waals surface area contributed by atoms with Gasteiger partial charge in [-0.1, -0.05) is 78.0 Å². The van der Waals surface area contributed by atoms with E-state index in [1.54, 1.807) is 0 Å². The lowest BCUT2D eigenvalue weighted by atomic mass is 10.0. The van der Waals surface area contributed by atoms with Crippen LogP contribution in [0.1, 0.15) is 28.7 Å². The van der Waals surface area contributed by atoms with Gasteiger partial charge in [0.05, 0.1) is 5.71 Å². The van der Waals surface area contributed by atoms with Crippen molar-refractivity contribution in [3.8, 4) is 0 Å². The predicted molar refractivity (Wildman–Crippen MR) is 99.8 cm³/mol. The lowest BCUT2D eigenvalue weighted by molar-refractivity contribution is 0.318. The summed E-state index contributed by atoms with van der Waals surface area (Å²) in [6.45, 7) is 0. The van der Waals surface area contributed by atoms with Crippen molar-refractivity contribution in [2.75, 3.05) is 0 Å². The molecule has 0 spiro atoms. The van der Waals surface area contributed by atoms with E-state index < -0.39 is 0 Å². The van der Waals surface area contributed by atoms with Crippen LogP contribution in [-0.2, 0) is 12.8 Å². The average Bonchev–Trinajstić information content (AvgIpc) is 3.28. The summed E-state index contributed by atoms with van der Waals surface area (Å²) in [7, 11) is 0. The van der Waals surface area contributed by atoms with Crippen molar-refractivity contribution in [1.29, 1.82) is 0 Å². The summed E-state index contributed by atoms with van der Waals surface area (Å²) in [5.41, 5.74) is 6.09. The zero-order valence-corrected chi connectivity index (χ0v) is 13.4. The maximum atomic E-state index is 8.87. The number of hydrogen-bond acceptors (Lipinski definition) is 2. The molecule has 3 aromatic carbocycles. The summed E-state index contributed by atoms with van der Waals surface area (Å²) in [6, 6.07) is 21.0. The van der Waals surface area contributed by atoms with E-state index in [0.29, 0.717) is 0 Å². The van der Waals surface area contributed by atoms with Gasteiger partial charge >= 0.3 is 0 Å². The van der Waals surface area contributed by atoms with Gasteiger partial charge in [-0.25, -0.2) is 0 Å². The van der Waals surface area contributed by atoms with Crippen molar-refractivity contribution in [2.45, 2.75) is 19.3 Å². The van der Waals surface area contributed by atoms with E-state index in [2.05, 4.69) is 71.9 Å². The zero-order valence-electron chi connectivity index (χ0n) is 13.4. The highest BCUT2D eigenvalue weighted by Gasteiger charge is 2.19. The first-order chi connectivity index (χ1) is 11.9. The molecular formula is C22H19NO. The standard InChI is InChI=1S/C13H11NO.C9H8/c15-14-13-8-7-11-10-4-2-1-3-9(10)5-6-12(11)13;1-2-5-9-7-3-6-8(9)4-1/h1-6,15H,7-8H2;1-6H,7H2. The summed E-state index contributed by atoms with van der Waals surface area (Å²) in [6.07, 6.45) is 7.33. The number of allylic oxidation sites excluding steroid dienone is 1. The molecular weight excluding hydrogens is 294 g/mol. The molecule has 0 amide bonds. The fourth-order valence-corrected chi connectivity index (χ4v) is 3.55. The van der Waals surface area contributed by atoms with Gasteiger partial charge in [0.15, 0.2) is 0 Å². The van der Waals surface area contributed by atoms with E-state index in [0.717, 1.165) is 30.5 Å². The van der Waals surface area contributed by atoms with Crippen molar-refractivity contribution in [1.82, 2.24) is 0 Å². The van der Waals surface area contributed by atoms with Gasteiger partial charge in [-0.2, -0.15) is 0 Å². The van der Waals surface area contributed by atoms with Crippen LogP contribution >= 0.6 is 0 Å². The summed E-state index contributed by atoms with van der Waals surface area (Å²) < 4.78 is 0. The van der Waals surface area contributed by atoms with Crippen LogP contribution in [0.4, 0.5) is 0 Å². The Morgan fingerprint density at radius 2 is 1.67 bits per heavy atom. The SMILES string of the molecule is C1=Cc2ccccc2C1.ON=C1CCc2c1ccc1ccccc21. The van der Waals surface area contributed by atoms with Crippen LogP contribution in [0.3, 0.4) is 0 Å². The molecule has 2 aliphatic rings. The van der Waals surface area contributed by atoms with E-state index in [-0.39, 0.29) is 0 Å². The van der Waals surface area contributed by atoms with Gasteiger partial charge in [0, 0.05) is 5.56 Å². The summed E-state index contributed by atoms with van der Waals surface area (Å²) in [5, 5.41) is 14.8. The average molecular weight is 313 g/mol. The molecule has 0 radical (unpaired) electrons. The fraction of sp³-hybridized carbons (Fsp3) is 0.136. The highest BCUT2D eigenvalue weighted by atomic mass is 16.4. The van der Waals surface area contributed by atoms with Gasteiger partial charge in [0.2, 0.25) is 0 Å². The molecule has 0 atom stereocenters. The Bertz CT molecular complexity index is 953. The number of oxime groups is 1. The van der Waals surface area contributed by atoms with Crippen molar-refractivity contribution < 1.29 is 5.21 Å². The second kappa shape index (κ2) is 6.32. The van der Waals surface area contributed by atoms with E-state index in [9.17, 15) is 0 Å². The first kappa shape index (κ1) is 14.7. The Labute approximate surface area is 141 Å². The number of benzene rings is 3. The Hall–Kier alpha value is -2.87. The molecule has 2 nitrogen and oxygen atoms in total. The monoisotopic (exact) mass is 313 g/mol. The molecule has 3 aromatic rings. The molecule has 0 heterocycles. The molecule has 1 N–H and O–H groups in total. The summed E-state index contributed by atoms with van der Waals surface area (Å²) in [4.78, 5) is 0. The lowest BCUT2D eigenvalue weighted by Crippen LogP contribution is -1.93. The van der Waals surface area contributed by atoms with Crippen LogP contribution in [0.2, 0.25) is 0 Å². The minimum atomic E-state index is 0.816. The Morgan fingerprint density at radius 1 is 0.833 bits per heavy atom. The molecule has 0 fully saturated rings. The molecule has 0 saturated heterocycles. The highest BCUT2D eigenvalue weighted by Crippen LogP contribution is 2.29. The zero-order chi connectivity index (χ0) is 16.4. The maximum Gasteiger partial charge on any atom is 0.0874 e. The van der Waals surface area contributed by atoms with Gasteiger partial charge < -0.3 is 5.21 Å². The summed E-state index contributed by atoms with van der Waals surface area (Å²) >= 11 is 0. The number of hydrogen-bond donors (Lipinski definition) is 1. The van der Waals surface area contributed by atoms with E-state index in [1.807, 2.05) is 6.07 Å². The summed E-state index contributed by atoms with van der Waals surface area (Å²) in [5.74, 6) is 0. The first-order valence-corrected chi connectivity index (χ1v) is 8.33. The molecule has 24 heavy (non-hydrogen) atoms. The van der Waals surface area contributed by atoms with Crippen LogP contribution in [0, 0.1) is 0 Å². The number of rotatable bonds is 0.